The standard InChI is InChI=1S/C7H11NS/c1-6-7(5-9)3-2-4-8-6/h2-4,6,8-9H,5H2,1H3. The van der Waals surface area contributed by atoms with E-state index < -0.39 is 0 Å². The molecule has 2 heteroatoms. The van der Waals surface area contributed by atoms with Gasteiger partial charge < -0.3 is 5.32 Å². The molecule has 0 fully saturated rings. The van der Waals surface area contributed by atoms with Crippen molar-refractivity contribution in [1.29, 1.82) is 0 Å². The van der Waals surface area contributed by atoms with E-state index in [4.69, 9.17) is 0 Å². The fraction of sp³-hybridized carbons (Fsp3) is 0.429. The van der Waals surface area contributed by atoms with Gasteiger partial charge in [0.05, 0.1) is 0 Å². The van der Waals surface area contributed by atoms with Crippen LogP contribution in [-0.4, -0.2) is 11.8 Å². The number of hydrogen-bond donors (Lipinski definition) is 2. The zero-order chi connectivity index (χ0) is 6.69. The van der Waals surface area contributed by atoms with Gasteiger partial charge in [-0.25, -0.2) is 0 Å². The molecule has 0 amide bonds. The van der Waals surface area contributed by atoms with E-state index in [1.54, 1.807) is 0 Å². The minimum atomic E-state index is 0.465. The highest BCUT2D eigenvalue weighted by Gasteiger charge is 2.05. The van der Waals surface area contributed by atoms with Crippen molar-refractivity contribution in [3.05, 3.63) is 23.9 Å². The van der Waals surface area contributed by atoms with E-state index >= 15 is 0 Å². The van der Waals surface area contributed by atoms with Crippen molar-refractivity contribution in [1.82, 2.24) is 5.32 Å². The first-order valence-electron chi connectivity index (χ1n) is 3.07. The van der Waals surface area contributed by atoms with Gasteiger partial charge in [-0.3, -0.25) is 0 Å². The third-order valence-corrected chi connectivity index (χ3v) is 1.86. The Hall–Kier alpha value is -0.370. The lowest BCUT2D eigenvalue weighted by molar-refractivity contribution is 0.721. The smallest absolute Gasteiger partial charge is 0.0451 e. The molecule has 1 aliphatic rings. The maximum Gasteiger partial charge on any atom is 0.0451 e. The summed E-state index contributed by atoms with van der Waals surface area (Å²) in [6, 6.07) is 0.465. The zero-order valence-corrected chi connectivity index (χ0v) is 6.36. The van der Waals surface area contributed by atoms with Crippen molar-refractivity contribution < 1.29 is 0 Å². The summed E-state index contributed by atoms with van der Waals surface area (Å²) >= 11 is 4.18. The number of rotatable bonds is 1. The van der Waals surface area contributed by atoms with E-state index in [1.807, 2.05) is 12.3 Å². The first-order valence-corrected chi connectivity index (χ1v) is 3.70. The highest BCUT2D eigenvalue weighted by Crippen LogP contribution is 2.07. The van der Waals surface area contributed by atoms with Gasteiger partial charge >= 0.3 is 0 Å². The molecule has 50 valence electrons. The Morgan fingerprint density at radius 1 is 1.78 bits per heavy atom. The number of hydrogen-bond acceptors (Lipinski definition) is 2. The first kappa shape index (κ1) is 6.75. The summed E-state index contributed by atoms with van der Waals surface area (Å²) in [5, 5.41) is 3.19. The molecular formula is C7H11NS. The van der Waals surface area contributed by atoms with Crippen LogP contribution in [0.25, 0.3) is 0 Å². The zero-order valence-electron chi connectivity index (χ0n) is 5.46. The highest BCUT2D eigenvalue weighted by molar-refractivity contribution is 7.80. The van der Waals surface area contributed by atoms with E-state index in [0.717, 1.165) is 5.75 Å². The minimum Gasteiger partial charge on any atom is -0.385 e. The van der Waals surface area contributed by atoms with Gasteiger partial charge in [0.2, 0.25) is 0 Å². The van der Waals surface area contributed by atoms with Crippen LogP contribution in [0.2, 0.25) is 0 Å². The molecule has 1 unspecified atom stereocenters. The lowest BCUT2D eigenvalue weighted by Crippen LogP contribution is -2.25. The van der Waals surface area contributed by atoms with Gasteiger partial charge in [-0.15, -0.1) is 0 Å². The summed E-state index contributed by atoms with van der Waals surface area (Å²) in [6.45, 7) is 2.13. The largest absolute Gasteiger partial charge is 0.385 e. The molecule has 0 saturated heterocycles. The van der Waals surface area contributed by atoms with Crippen LogP contribution < -0.4 is 5.32 Å². The van der Waals surface area contributed by atoms with E-state index in [1.165, 1.54) is 5.57 Å². The molecule has 0 aromatic rings. The van der Waals surface area contributed by atoms with Crippen molar-refractivity contribution >= 4 is 12.6 Å². The van der Waals surface area contributed by atoms with Crippen LogP contribution in [0.1, 0.15) is 6.92 Å². The fourth-order valence-electron chi connectivity index (χ4n) is 0.813. The summed E-state index contributed by atoms with van der Waals surface area (Å²) in [4.78, 5) is 0. The van der Waals surface area contributed by atoms with Crippen LogP contribution in [0.5, 0.6) is 0 Å². The predicted octanol–water partition coefficient (Wildman–Crippen LogP) is 1.35. The van der Waals surface area contributed by atoms with Crippen LogP contribution in [-0.2, 0) is 0 Å². The Labute approximate surface area is 61.2 Å². The van der Waals surface area contributed by atoms with Gasteiger partial charge in [0.15, 0.2) is 0 Å². The second-order valence-electron chi connectivity index (χ2n) is 2.15. The maximum absolute atomic E-state index is 4.18. The van der Waals surface area contributed by atoms with Crippen LogP contribution in [0, 0.1) is 0 Å². The maximum atomic E-state index is 4.18. The molecule has 0 aromatic carbocycles. The number of thiol groups is 1. The number of nitrogens with one attached hydrogen (secondary N) is 1. The van der Waals surface area contributed by atoms with Crippen molar-refractivity contribution in [2.75, 3.05) is 5.75 Å². The molecule has 1 N–H and O–H groups in total. The molecular weight excluding hydrogens is 130 g/mol. The van der Waals surface area contributed by atoms with Crippen LogP contribution in [0.15, 0.2) is 23.9 Å². The second-order valence-corrected chi connectivity index (χ2v) is 2.46. The molecule has 1 atom stereocenters. The molecule has 0 aliphatic carbocycles. The Morgan fingerprint density at radius 2 is 2.56 bits per heavy atom. The quantitative estimate of drug-likeness (QED) is 0.525. The summed E-state index contributed by atoms with van der Waals surface area (Å²) < 4.78 is 0. The van der Waals surface area contributed by atoms with E-state index in [2.05, 4.69) is 30.9 Å². The SMILES string of the molecule is CC1NC=CC=C1CS. The molecule has 0 bridgehead atoms. The first-order chi connectivity index (χ1) is 4.34. The highest BCUT2D eigenvalue weighted by atomic mass is 32.1. The average Bonchev–Trinajstić information content (AvgIpc) is 1.89. The predicted molar refractivity (Wildman–Crippen MR) is 43.7 cm³/mol. The summed E-state index contributed by atoms with van der Waals surface area (Å²) in [6.07, 6.45) is 6.07. The third kappa shape index (κ3) is 1.52. The van der Waals surface area contributed by atoms with Crippen LogP contribution in [0.4, 0.5) is 0 Å². The minimum absolute atomic E-state index is 0.465. The Balaban J connectivity index is 2.63. The third-order valence-electron chi connectivity index (χ3n) is 1.49. The number of allylic oxidation sites excluding steroid dienone is 2. The van der Waals surface area contributed by atoms with Crippen LogP contribution in [0.3, 0.4) is 0 Å². The fourth-order valence-corrected chi connectivity index (χ4v) is 1.19. The molecule has 0 saturated carbocycles. The normalized spacial score (nSPS) is 25.1. The van der Waals surface area contributed by atoms with E-state index in [0.29, 0.717) is 6.04 Å². The summed E-state index contributed by atoms with van der Waals surface area (Å²) in [7, 11) is 0. The van der Waals surface area contributed by atoms with Gasteiger partial charge in [0, 0.05) is 11.8 Å². The number of dihydropyridines is 1. The molecule has 1 heterocycles. The molecule has 1 aliphatic heterocycles. The van der Waals surface area contributed by atoms with Crippen molar-refractivity contribution in [3.8, 4) is 0 Å². The second kappa shape index (κ2) is 2.97. The molecule has 1 rings (SSSR count). The van der Waals surface area contributed by atoms with Gasteiger partial charge in [-0.2, -0.15) is 12.6 Å². The van der Waals surface area contributed by atoms with Gasteiger partial charge in [-0.1, -0.05) is 6.08 Å². The molecule has 0 radical (unpaired) electrons. The van der Waals surface area contributed by atoms with Crippen molar-refractivity contribution in [3.63, 3.8) is 0 Å². The molecule has 0 spiro atoms. The van der Waals surface area contributed by atoms with Crippen molar-refractivity contribution in [2.24, 2.45) is 0 Å². The van der Waals surface area contributed by atoms with Crippen molar-refractivity contribution in [2.45, 2.75) is 13.0 Å². The van der Waals surface area contributed by atoms with Crippen LogP contribution >= 0.6 is 12.6 Å². The van der Waals surface area contributed by atoms with Gasteiger partial charge in [0.1, 0.15) is 0 Å². The summed E-state index contributed by atoms with van der Waals surface area (Å²) in [5.74, 6) is 0.846. The Bertz CT molecular complexity index is 149. The molecule has 1 nitrogen and oxygen atoms in total. The monoisotopic (exact) mass is 141 g/mol. The molecule has 9 heavy (non-hydrogen) atoms. The summed E-state index contributed by atoms with van der Waals surface area (Å²) in [5.41, 5.74) is 1.35. The Morgan fingerprint density at radius 3 is 3.00 bits per heavy atom. The Kier molecular flexibility index (Phi) is 2.22. The lowest BCUT2D eigenvalue weighted by atomic mass is 10.1. The molecule has 0 aromatic heterocycles. The average molecular weight is 141 g/mol. The van der Waals surface area contributed by atoms with Gasteiger partial charge in [-0.05, 0) is 24.8 Å². The van der Waals surface area contributed by atoms with E-state index in [-0.39, 0.29) is 0 Å². The topological polar surface area (TPSA) is 12.0 Å². The lowest BCUT2D eigenvalue weighted by Gasteiger charge is -2.16. The van der Waals surface area contributed by atoms with Gasteiger partial charge in [0.25, 0.3) is 0 Å². The van der Waals surface area contributed by atoms with E-state index in [9.17, 15) is 0 Å².